The number of rotatable bonds is 8. The molecular formula is C18H19F2N3O6. The van der Waals surface area contributed by atoms with Gasteiger partial charge < -0.3 is 20.1 Å². The van der Waals surface area contributed by atoms with Crippen LogP contribution >= 0.6 is 0 Å². The summed E-state index contributed by atoms with van der Waals surface area (Å²) in [6.07, 6.45) is 1.66. The van der Waals surface area contributed by atoms with Crippen molar-refractivity contribution in [3.8, 4) is 5.75 Å². The Balaban J connectivity index is 1.45. The molecule has 1 saturated heterocycles. The van der Waals surface area contributed by atoms with Crippen LogP contribution in [0.5, 0.6) is 5.75 Å². The molecule has 1 heterocycles. The van der Waals surface area contributed by atoms with E-state index in [0.717, 1.165) is 17.7 Å². The zero-order chi connectivity index (χ0) is 21.2. The lowest BCUT2D eigenvalue weighted by molar-refractivity contribution is -0.150. The van der Waals surface area contributed by atoms with Crippen molar-refractivity contribution in [2.75, 3.05) is 18.5 Å². The zero-order valence-electron chi connectivity index (χ0n) is 15.4. The summed E-state index contributed by atoms with van der Waals surface area (Å²) in [5, 5.41) is 5.01. The lowest BCUT2D eigenvalue weighted by Crippen LogP contribution is -2.46. The summed E-state index contributed by atoms with van der Waals surface area (Å²) >= 11 is 0. The van der Waals surface area contributed by atoms with Gasteiger partial charge in [0.2, 0.25) is 0 Å². The Kier molecular flexibility index (Phi) is 5.66. The van der Waals surface area contributed by atoms with Crippen LogP contribution in [0.1, 0.15) is 19.8 Å². The van der Waals surface area contributed by atoms with Gasteiger partial charge in [0.05, 0.1) is 0 Å². The number of urea groups is 1. The maximum absolute atomic E-state index is 12.4. The number of nitrogens with one attached hydrogen (secondary N) is 2. The predicted octanol–water partition coefficient (Wildman–Crippen LogP) is 1.49. The molecule has 1 aliphatic heterocycles. The number of halogens is 2. The summed E-state index contributed by atoms with van der Waals surface area (Å²) in [5.74, 6) is -2.10. The van der Waals surface area contributed by atoms with E-state index in [-0.39, 0.29) is 17.4 Å². The monoisotopic (exact) mass is 411 g/mol. The number of esters is 1. The van der Waals surface area contributed by atoms with Crippen LogP contribution in [-0.2, 0) is 19.1 Å². The van der Waals surface area contributed by atoms with Gasteiger partial charge in [-0.15, -0.1) is 0 Å². The average molecular weight is 411 g/mol. The Labute approximate surface area is 164 Å². The highest BCUT2D eigenvalue weighted by atomic mass is 19.3. The highest BCUT2D eigenvalue weighted by Crippen LogP contribution is 2.42. The van der Waals surface area contributed by atoms with Gasteiger partial charge in [-0.05, 0) is 49.9 Å². The molecule has 1 saturated carbocycles. The van der Waals surface area contributed by atoms with E-state index >= 15 is 0 Å². The normalized spacial score (nSPS) is 21.2. The van der Waals surface area contributed by atoms with E-state index < -0.39 is 49.1 Å². The molecule has 4 amide bonds. The number of hydrogen-bond acceptors (Lipinski definition) is 6. The lowest BCUT2D eigenvalue weighted by atomic mass is 9.96. The number of benzene rings is 1. The van der Waals surface area contributed by atoms with E-state index in [4.69, 9.17) is 4.74 Å². The van der Waals surface area contributed by atoms with Gasteiger partial charge in [0, 0.05) is 5.69 Å². The number of hydrogen-bond donors (Lipinski definition) is 2. The second-order valence-corrected chi connectivity index (χ2v) is 6.91. The van der Waals surface area contributed by atoms with Crippen LogP contribution in [0.15, 0.2) is 24.3 Å². The molecule has 2 N–H and O–H groups in total. The van der Waals surface area contributed by atoms with Crippen LogP contribution in [0.4, 0.5) is 19.3 Å². The molecule has 11 heteroatoms. The largest absolute Gasteiger partial charge is 0.454 e. The van der Waals surface area contributed by atoms with Crippen LogP contribution < -0.4 is 15.4 Å². The first kappa shape index (κ1) is 20.5. The number of amides is 4. The van der Waals surface area contributed by atoms with Crippen molar-refractivity contribution in [1.82, 2.24) is 10.2 Å². The van der Waals surface area contributed by atoms with Gasteiger partial charge >= 0.3 is 18.6 Å². The summed E-state index contributed by atoms with van der Waals surface area (Å²) in [6.45, 7) is -2.57. The molecular weight excluding hydrogens is 392 g/mol. The SMILES string of the molecule is C[C@@]1(C2CC2)NC(=O)N(CC(=O)OCC(=O)Nc2ccc(OC(F)F)cc2)C1=O. The maximum Gasteiger partial charge on any atom is 0.387 e. The summed E-state index contributed by atoms with van der Waals surface area (Å²) in [7, 11) is 0. The molecule has 1 aromatic rings. The number of ether oxygens (including phenoxy) is 2. The van der Waals surface area contributed by atoms with Gasteiger partial charge in [-0.2, -0.15) is 8.78 Å². The van der Waals surface area contributed by atoms with Gasteiger partial charge in [0.25, 0.3) is 11.8 Å². The predicted molar refractivity (Wildman–Crippen MR) is 94.0 cm³/mol. The highest BCUT2D eigenvalue weighted by Gasteiger charge is 2.56. The van der Waals surface area contributed by atoms with Crippen molar-refractivity contribution >= 4 is 29.5 Å². The molecule has 1 aliphatic carbocycles. The molecule has 1 atom stereocenters. The Morgan fingerprint density at radius 1 is 1.28 bits per heavy atom. The highest BCUT2D eigenvalue weighted by molar-refractivity contribution is 6.09. The quantitative estimate of drug-likeness (QED) is 0.495. The number of alkyl halides is 2. The first-order chi connectivity index (χ1) is 13.7. The van der Waals surface area contributed by atoms with Crippen LogP contribution in [0.25, 0.3) is 0 Å². The second kappa shape index (κ2) is 8.02. The van der Waals surface area contributed by atoms with E-state index in [0.29, 0.717) is 0 Å². The molecule has 2 aliphatic rings. The third-order valence-corrected chi connectivity index (χ3v) is 4.71. The molecule has 1 aromatic carbocycles. The molecule has 0 spiro atoms. The maximum atomic E-state index is 12.4. The standard InChI is InChI=1S/C18H19F2N3O6/c1-18(10-2-3-10)15(26)23(17(27)22-18)8-14(25)28-9-13(24)21-11-4-6-12(7-5-11)29-16(19)20/h4-7,10,16H,2-3,8-9H2,1H3,(H,21,24)(H,22,27)/t18-/m0/s1. The van der Waals surface area contributed by atoms with Crippen molar-refractivity contribution < 1.29 is 37.4 Å². The number of anilines is 1. The molecule has 0 aromatic heterocycles. The van der Waals surface area contributed by atoms with Crippen molar-refractivity contribution in [2.45, 2.75) is 31.9 Å². The van der Waals surface area contributed by atoms with Crippen molar-refractivity contribution in [2.24, 2.45) is 5.92 Å². The number of carbonyl (C=O) groups excluding carboxylic acids is 4. The minimum Gasteiger partial charge on any atom is -0.454 e. The Hall–Kier alpha value is -3.24. The van der Waals surface area contributed by atoms with E-state index in [1.165, 1.54) is 24.3 Å². The number of carbonyl (C=O) groups is 4. The fraction of sp³-hybridized carbons (Fsp3) is 0.444. The van der Waals surface area contributed by atoms with Crippen LogP contribution in [0, 0.1) is 5.92 Å². The van der Waals surface area contributed by atoms with Gasteiger partial charge in [0.15, 0.2) is 6.61 Å². The molecule has 29 heavy (non-hydrogen) atoms. The van der Waals surface area contributed by atoms with E-state index in [2.05, 4.69) is 15.4 Å². The summed E-state index contributed by atoms with van der Waals surface area (Å²) < 4.78 is 33.2. The molecule has 3 rings (SSSR count). The first-order valence-electron chi connectivity index (χ1n) is 8.83. The second-order valence-electron chi connectivity index (χ2n) is 6.91. The van der Waals surface area contributed by atoms with Crippen LogP contribution in [-0.4, -0.2) is 54.0 Å². The summed E-state index contributed by atoms with van der Waals surface area (Å²) in [4.78, 5) is 49.0. The molecule has 0 unspecified atom stereocenters. The molecule has 156 valence electrons. The van der Waals surface area contributed by atoms with Crippen LogP contribution in [0.3, 0.4) is 0 Å². The fourth-order valence-corrected chi connectivity index (χ4v) is 3.03. The molecule has 0 radical (unpaired) electrons. The van der Waals surface area contributed by atoms with E-state index in [1.54, 1.807) is 6.92 Å². The zero-order valence-corrected chi connectivity index (χ0v) is 15.4. The van der Waals surface area contributed by atoms with E-state index in [9.17, 15) is 28.0 Å². The number of nitrogens with zero attached hydrogens (tertiary/aromatic N) is 1. The van der Waals surface area contributed by atoms with Gasteiger partial charge in [-0.3, -0.25) is 19.3 Å². The molecule has 0 bridgehead atoms. The van der Waals surface area contributed by atoms with Gasteiger partial charge in [0.1, 0.15) is 17.8 Å². The Morgan fingerprint density at radius 2 is 1.93 bits per heavy atom. The third-order valence-electron chi connectivity index (χ3n) is 4.71. The lowest BCUT2D eigenvalue weighted by Gasteiger charge is -2.20. The number of imide groups is 1. The smallest absolute Gasteiger partial charge is 0.387 e. The molecule has 9 nitrogen and oxygen atoms in total. The first-order valence-corrected chi connectivity index (χ1v) is 8.83. The average Bonchev–Trinajstić information content (AvgIpc) is 3.47. The third kappa shape index (κ3) is 4.79. The fourth-order valence-electron chi connectivity index (χ4n) is 3.03. The summed E-state index contributed by atoms with van der Waals surface area (Å²) in [5.41, 5.74) is -0.725. The van der Waals surface area contributed by atoms with E-state index in [1.807, 2.05) is 0 Å². The topological polar surface area (TPSA) is 114 Å². The Morgan fingerprint density at radius 3 is 2.52 bits per heavy atom. The molecule has 2 fully saturated rings. The Bertz CT molecular complexity index is 827. The van der Waals surface area contributed by atoms with Crippen molar-refractivity contribution in [1.29, 1.82) is 0 Å². The van der Waals surface area contributed by atoms with Crippen LogP contribution in [0.2, 0.25) is 0 Å². The van der Waals surface area contributed by atoms with Crippen molar-refractivity contribution in [3.63, 3.8) is 0 Å². The van der Waals surface area contributed by atoms with Crippen molar-refractivity contribution in [3.05, 3.63) is 24.3 Å². The summed E-state index contributed by atoms with van der Waals surface area (Å²) in [6, 6.07) is 4.48. The minimum absolute atomic E-state index is 0.0585. The minimum atomic E-state index is -2.96. The van der Waals surface area contributed by atoms with Gasteiger partial charge in [-0.1, -0.05) is 0 Å². The van der Waals surface area contributed by atoms with Gasteiger partial charge in [-0.25, -0.2) is 4.79 Å².